The van der Waals surface area contributed by atoms with Crippen LogP contribution in [-0.4, -0.2) is 4.57 Å². The largest absolute Gasteiger partial charge is 0.308 e. The van der Waals surface area contributed by atoms with E-state index in [-0.39, 0.29) is 0 Å². The molecule has 1 aliphatic rings. The normalized spacial score (nSPS) is 12.6. The van der Waals surface area contributed by atoms with Crippen molar-refractivity contribution in [3.63, 3.8) is 0 Å². The lowest BCUT2D eigenvalue weighted by Crippen LogP contribution is -2.28. The van der Waals surface area contributed by atoms with E-state index in [0.29, 0.717) is 0 Å². The summed E-state index contributed by atoms with van der Waals surface area (Å²) in [4.78, 5) is 2.51. The number of rotatable bonds is 8. The molecule has 1 aliphatic carbocycles. The molecule has 13 rings (SSSR count). The highest BCUT2D eigenvalue weighted by atomic mass is 15.2. The van der Waals surface area contributed by atoms with Gasteiger partial charge in [0.25, 0.3) is 0 Å². The Bertz CT molecular complexity index is 3710. The Morgan fingerprint density at radius 1 is 0.328 bits per heavy atom. The van der Waals surface area contributed by atoms with Crippen molar-refractivity contribution in [2.75, 3.05) is 4.90 Å². The third-order valence-electron chi connectivity index (χ3n) is 14.0. The van der Waals surface area contributed by atoms with Crippen molar-refractivity contribution in [3.05, 3.63) is 289 Å². The first-order valence-electron chi connectivity index (χ1n) is 23.2. The number of para-hydroxylation sites is 4. The van der Waals surface area contributed by atoms with Crippen molar-refractivity contribution in [1.82, 2.24) is 4.57 Å². The molecule has 0 N–H and O–H groups in total. The number of fused-ring (bicyclic) bond motifs is 7. The highest BCUT2D eigenvalue weighted by Crippen LogP contribution is 2.60. The Morgan fingerprint density at radius 2 is 0.851 bits per heavy atom. The van der Waals surface area contributed by atoms with Crippen LogP contribution in [0.15, 0.2) is 267 Å². The molecule has 0 bridgehead atoms. The maximum Gasteiger partial charge on any atom is 0.0714 e. The van der Waals surface area contributed by atoms with Crippen LogP contribution in [0, 0.1) is 0 Å². The van der Waals surface area contributed by atoms with Crippen LogP contribution in [0.4, 0.5) is 17.1 Å². The molecular weight excluding hydrogens is 809 g/mol. The number of aromatic nitrogens is 1. The second kappa shape index (κ2) is 15.8. The van der Waals surface area contributed by atoms with Gasteiger partial charge in [-0.1, -0.05) is 212 Å². The highest BCUT2D eigenvalue weighted by Gasteiger charge is 2.47. The summed E-state index contributed by atoms with van der Waals surface area (Å²) in [6.07, 6.45) is 0. The van der Waals surface area contributed by atoms with Crippen molar-refractivity contribution in [1.29, 1.82) is 0 Å². The van der Waals surface area contributed by atoms with Gasteiger partial charge in [-0.05, 0) is 115 Å². The Kier molecular flexibility index (Phi) is 9.11. The van der Waals surface area contributed by atoms with Crippen LogP contribution in [-0.2, 0) is 5.41 Å². The number of benzene rings is 11. The lowest BCUT2D eigenvalue weighted by molar-refractivity contribution is 0.768. The molecule has 0 unspecified atom stereocenters. The van der Waals surface area contributed by atoms with Gasteiger partial charge in [0.1, 0.15) is 0 Å². The summed E-state index contributed by atoms with van der Waals surface area (Å²) in [6, 6.07) is 98.2. The van der Waals surface area contributed by atoms with Crippen molar-refractivity contribution in [2.45, 2.75) is 5.41 Å². The minimum atomic E-state index is -0.539. The Balaban J connectivity index is 1.05. The summed E-state index contributed by atoms with van der Waals surface area (Å²) in [5, 5.41) is 4.97. The molecule has 2 heteroatoms. The topological polar surface area (TPSA) is 8.17 Å². The number of anilines is 3. The molecule has 0 radical (unpaired) electrons. The van der Waals surface area contributed by atoms with E-state index < -0.39 is 5.41 Å². The quantitative estimate of drug-likeness (QED) is 0.148. The molecule has 0 saturated heterocycles. The molecule has 67 heavy (non-hydrogen) atoms. The van der Waals surface area contributed by atoms with Gasteiger partial charge in [0, 0.05) is 22.0 Å². The minimum absolute atomic E-state index is 0.539. The second-order valence-electron chi connectivity index (χ2n) is 17.6. The van der Waals surface area contributed by atoms with Gasteiger partial charge < -0.3 is 9.47 Å². The van der Waals surface area contributed by atoms with E-state index >= 15 is 0 Å². The molecule has 1 aromatic heterocycles. The van der Waals surface area contributed by atoms with Gasteiger partial charge >= 0.3 is 0 Å². The molecule has 12 aromatic rings. The Hall–Kier alpha value is -8.72. The van der Waals surface area contributed by atoms with Gasteiger partial charge in [-0.25, -0.2) is 0 Å². The van der Waals surface area contributed by atoms with Crippen molar-refractivity contribution < 1.29 is 0 Å². The van der Waals surface area contributed by atoms with E-state index in [2.05, 4.69) is 276 Å². The summed E-state index contributed by atoms with van der Waals surface area (Å²) < 4.78 is 2.45. The van der Waals surface area contributed by atoms with E-state index in [4.69, 9.17) is 0 Å². The molecule has 0 aliphatic heterocycles. The van der Waals surface area contributed by atoms with Crippen molar-refractivity contribution >= 4 is 49.6 Å². The molecular formula is C65H44N2. The summed E-state index contributed by atoms with van der Waals surface area (Å²) in [6.45, 7) is 0. The third-order valence-corrected chi connectivity index (χ3v) is 14.0. The summed E-state index contributed by atoms with van der Waals surface area (Å²) in [5.74, 6) is 0. The zero-order chi connectivity index (χ0) is 44.3. The summed E-state index contributed by atoms with van der Waals surface area (Å²) in [7, 11) is 0. The van der Waals surface area contributed by atoms with Crippen LogP contribution < -0.4 is 4.90 Å². The Labute approximate surface area is 390 Å². The average molecular weight is 853 g/mol. The standard InChI is InChI=1S/C65H44N2/c1-3-23-51(24-4-1)65(52-25-5-2-6-26-52)57-30-12-9-29-56(57)64-58(65)31-18-36-63(64)66(61-34-15-16-35-62(61)67-59-32-13-10-27-54(59)55-28-11-14-33-60(55)67)53-41-39-46(40-42-53)48-21-17-22-49(43-48)50-38-37-45-19-7-8-20-47(45)44-50/h1-44H. The maximum atomic E-state index is 2.51. The first-order valence-corrected chi connectivity index (χ1v) is 23.2. The average Bonchev–Trinajstić information content (AvgIpc) is 3.91. The minimum Gasteiger partial charge on any atom is -0.308 e. The smallest absolute Gasteiger partial charge is 0.0714 e. The lowest BCUT2D eigenvalue weighted by Gasteiger charge is -2.34. The van der Waals surface area contributed by atoms with Gasteiger partial charge in [0.15, 0.2) is 0 Å². The van der Waals surface area contributed by atoms with Crippen LogP contribution >= 0.6 is 0 Å². The fraction of sp³-hybridized carbons (Fsp3) is 0.0154. The number of nitrogens with zero attached hydrogens (tertiary/aromatic N) is 2. The highest BCUT2D eigenvalue weighted by molar-refractivity contribution is 6.10. The summed E-state index contributed by atoms with van der Waals surface area (Å²) in [5.41, 5.74) is 18.5. The second-order valence-corrected chi connectivity index (χ2v) is 17.6. The van der Waals surface area contributed by atoms with Gasteiger partial charge in [-0.15, -0.1) is 0 Å². The molecule has 0 fully saturated rings. The van der Waals surface area contributed by atoms with E-state index in [0.717, 1.165) is 28.3 Å². The van der Waals surface area contributed by atoms with Crippen LogP contribution in [0.1, 0.15) is 22.3 Å². The van der Waals surface area contributed by atoms with Crippen LogP contribution in [0.3, 0.4) is 0 Å². The molecule has 11 aromatic carbocycles. The van der Waals surface area contributed by atoms with Crippen LogP contribution in [0.5, 0.6) is 0 Å². The monoisotopic (exact) mass is 852 g/mol. The zero-order valence-electron chi connectivity index (χ0n) is 36.8. The molecule has 2 nitrogen and oxygen atoms in total. The molecule has 0 amide bonds. The molecule has 314 valence electrons. The molecule has 1 heterocycles. The summed E-state index contributed by atoms with van der Waals surface area (Å²) >= 11 is 0. The first kappa shape index (κ1) is 38.7. The van der Waals surface area contributed by atoms with Crippen molar-refractivity contribution in [2.24, 2.45) is 0 Å². The molecule has 0 atom stereocenters. The van der Waals surface area contributed by atoms with Gasteiger partial charge in [0.05, 0.1) is 33.5 Å². The fourth-order valence-electron chi connectivity index (χ4n) is 11.1. The van der Waals surface area contributed by atoms with E-state index in [1.165, 1.54) is 82.6 Å². The van der Waals surface area contributed by atoms with E-state index in [1.807, 2.05) is 0 Å². The number of hydrogen-bond acceptors (Lipinski definition) is 1. The lowest BCUT2D eigenvalue weighted by atomic mass is 9.68. The van der Waals surface area contributed by atoms with Gasteiger partial charge in [0.2, 0.25) is 0 Å². The zero-order valence-corrected chi connectivity index (χ0v) is 36.8. The van der Waals surface area contributed by atoms with E-state index in [1.54, 1.807) is 0 Å². The van der Waals surface area contributed by atoms with Gasteiger partial charge in [-0.2, -0.15) is 0 Å². The maximum absolute atomic E-state index is 2.51. The van der Waals surface area contributed by atoms with Gasteiger partial charge in [-0.3, -0.25) is 0 Å². The fourth-order valence-corrected chi connectivity index (χ4v) is 11.1. The van der Waals surface area contributed by atoms with Crippen LogP contribution in [0.25, 0.3) is 71.6 Å². The Morgan fingerprint density at radius 3 is 1.58 bits per heavy atom. The predicted octanol–water partition coefficient (Wildman–Crippen LogP) is 17.1. The number of hydrogen-bond donors (Lipinski definition) is 0. The van der Waals surface area contributed by atoms with Crippen molar-refractivity contribution in [3.8, 4) is 39.1 Å². The van der Waals surface area contributed by atoms with Crippen LogP contribution in [0.2, 0.25) is 0 Å². The first-order chi connectivity index (χ1) is 33.3. The SMILES string of the molecule is c1ccc(C2(c3ccccc3)c3ccccc3-c3c(N(c4ccc(-c5cccc(-c6ccc7ccccc7c6)c5)cc4)c4ccccc4-n4c5ccccc5c5ccccc54)cccc32)cc1. The van der Waals surface area contributed by atoms with E-state index in [9.17, 15) is 0 Å². The third kappa shape index (κ3) is 6.11. The molecule has 0 saturated carbocycles. The molecule has 0 spiro atoms. The predicted molar refractivity (Wildman–Crippen MR) is 281 cm³/mol.